The van der Waals surface area contributed by atoms with Gasteiger partial charge in [-0.3, -0.25) is 4.99 Å². The third-order valence-electron chi connectivity index (χ3n) is 3.86. The van der Waals surface area contributed by atoms with Gasteiger partial charge in [-0.1, -0.05) is 30.3 Å². The molecule has 0 spiro atoms. The van der Waals surface area contributed by atoms with Crippen LogP contribution >= 0.6 is 0 Å². The molecule has 2 aliphatic rings. The molecule has 0 saturated heterocycles. The van der Waals surface area contributed by atoms with Crippen LogP contribution in [0.2, 0.25) is 0 Å². The first-order chi connectivity index (χ1) is 8.93. The average molecular weight is 240 g/mol. The lowest BCUT2D eigenvalue weighted by Gasteiger charge is -2.34. The molecule has 0 saturated carbocycles. The highest BCUT2D eigenvalue weighted by Crippen LogP contribution is 2.26. The highest BCUT2D eigenvalue weighted by molar-refractivity contribution is 5.80. The van der Waals surface area contributed by atoms with Crippen LogP contribution in [0.5, 0.6) is 0 Å². The second-order valence-corrected chi connectivity index (χ2v) is 5.08. The summed E-state index contributed by atoms with van der Waals surface area (Å²) in [5, 5.41) is 0. The summed E-state index contributed by atoms with van der Waals surface area (Å²) in [5.41, 5.74) is 4.49. The van der Waals surface area contributed by atoms with Crippen LogP contribution in [0.25, 0.3) is 0 Å². The first kappa shape index (κ1) is 11.5. The van der Waals surface area contributed by atoms with Crippen molar-refractivity contribution >= 4 is 6.21 Å². The van der Waals surface area contributed by atoms with Crippen LogP contribution in [0.1, 0.15) is 24.8 Å². The first-order valence-corrected chi connectivity index (χ1v) is 6.94. The van der Waals surface area contributed by atoms with E-state index in [-0.39, 0.29) is 0 Å². The molecule has 0 bridgehead atoms. The minimum absolute atomic E-state index is 0.973. The summed E-state index contributed by atoms with van der Waals surface area (Å²) in [6.45, 7) is 3.34. The quantitative estimate of drug-likeness (QED) is 0.793. The van der Waals surface area contributed by atoms with Crippen molar-refractivity contribution in [1.82, 2.24) is 4.90 Å². The van der Waals surface area contributed by atoms with Crippen LogP contribution in [0, 0.1) is 0 Å². The molecule has 2 heteroatoms. The van der Waals surface area contributed by atoms with Crippen LogP contribution < -0.4 is 0 Å². The van der Waals surface area contributed by atoms with Gasteiger partial charge in [0.15, 0.2) is 0 Å². The van der Waals surface area contributed by atoms with Crippen molar-refractivity contribution in [3.63, 3.8) is 0 Å². The van der Waals surface area contributed by atoms with E-state index in [9.17, 15) is 0 Å². The Hall–Kier alpha value is -1.57. The Morgan fingerprint density at radius 3 is 2.89 bits per heavy atom. The maximum Gasteiger partial charge on any atom is 0.0444 e. The third-order valence-corrected chi connectivity index (χ3v) is 3.86. The Kier molecular flexibility index (Phi) is 3.44. The number of aliphatic imine (C=N–C) groups is 1. The molecule has 94 valence electrons. The molecule has 0 aliphatic carbocycles. The van der Waals surface area contributed by atoms with Crippen LogP contribution in [-0.4, -0.2) is 30.7 Å². The number of dihydropyridines is 1. The summed E-state index contributed by atoms with van der Waals surface area (Å²) < 4.78 is 0. The molecule has 0 unspecified atom stereocenters. The maximum atomic E-state index is 4.40. The van der Waals surface area contributed by atoms with Crippen molar-refractivity contribution in [2.24, 2.45) is 4.99 Å². The second-order valence-electron chi connectivity index (χ2n) is 5.08. The Balaban J connectivity index is 1.67. The van der Waals surface area contributed by atoms with E-state index in [4.69, 9.17) is 0 Å². The Morgan fingerprint density at radius 2 is 2.00 bits per heavy atom. The largest absolute Gasteiger partial charge is 0.374 e. The molecule has 1 aromatic rings. The Labute approximate surface area is 109 Å². The SMILES string of the molecule is C1=NCCC2=C1CCCN2CCc1ccccc1. The van der Waals surface area contributed by atoms with E-state index in [0.29, 0.717) is 0 Å². The summed E-state index contributed by atoms with van der Waals surface area (Å²) in [5.74, 6) is 0. The molecule has 2 nitrogen and oxygen atoms in total. The number of allylic oxidation sites excluding steroid dienone is 1. The van der Waals surface area contributed by atoms with Gasteiger partial charge in [-0.2, -0.15) is 0 Å². The van der Waals surface area contributed by atoms with Gasteiger partial charge in [0.1, 0.15) is 0 Å². The highest BCUT2D eigenvalue weighted by Gasteiger charge is 2.20. The van der Waals surface area contributed by atoms with Crippen LogP contribution in [0.4, 0.5) is 0 Å². The molecule has 0 aromatic heterocycles. The third kappa shape index (κ3) is 2.47. The van der Waals surface area contributed by atoms with Crippen LogP contribution in [-0.2, 0) is 6.42 Å². The van der Waals surface area contributed by atoms with Gasteiger partial charge < -0.3 is 4.90 Å². The molecular formula is C16H20N2. The van der Waals surface area contributed by atoms with E-state index in [0.717, 1.165) is 25.9 Å². The smallest absolute Gasteiger partial charge is 0.0444 e. The zero-order valence-electron chi connectivity index (χ0n) is 10.8. The topological polar surface area (TPSA) is 15.6 Å². The fourth-order valence-electron chi connectivity index (χ4n) is 2.90. The fourth-order valence-corrected chi connectivity index (χ4v) is 2.90. The van der Waals surface area contributed by atoms with Gasteiger partial charge in [0, 0.05) is 38.0 Å². The van der Waals surface area contributed by atoms with Crippen molar-refractivity contribution in [2.45, 2.75) is 25.7 Å². The minimum atomic E-state index is 0.973. The van der Waals surface area contributed by atoms with Gasteiger partial charge in [0.25, 0.3) is 0 Å². The van der Waals surface area contributed by atoms with Gasteiger partial charge >= 0.3 is 0 Å². The van der Waals surface area contributed by atoms with Crippen LogP contribution in [0.3, 0.4) is 0 Å². The summed E-state index contributed by atoms with van der Waals surface area (Å²) >= 11 is 0. The van der Waals surface area contributed by atoms with E-state index in [1.807, 2.05) is 0 Å². The predicted octanol–water partition coefficient (Wildman–Crippen LogP) is 3.05. The summed E-state index contributed by atoms with van der Waals surface area (Å²) in [7, 11) is 0. The lowest BCUT2D eigenvalue weighted by atomic mass is 9.98. The lowest BCUT2D eigenvalue weighted by molar-refractivity contribution is 0.311. The van der Waals surface area contributed by atoms with Gasteiger partial charge in [-0.15, -0.1) is 0 Å². The van der Waals surface area contributed by atoms with Gasteiger partial charge in [-0.25, -0.2) is 0 Å². The Morgan fingerprint density at radius 1 is 1.11 bits per heavy atom. The fraction of sp³-hybridized carbons (Fsp3) is 0.438. The number of nitrogens with zero attached hydrogens (tertiary/aromatic N) is 2. The average Bonchev–Trinajstić information content (AvgIpc) is 2.46. The highest BCUT2D eigenvalue weighted by atomic mass is 15.1. The van der Waals surface area contributed by atoms with Crippen molar-refractivity contribution < 1.29 is 0 Å². The van der Waals surface area contributed by atoms with E-state index in [2.05, 4.69) is 46.4 Å². The van der Waals surface area contributed by atoms with Crippen molar-refractivity contribution in [3.05, 3.63) is 47.2 Å². The summed E-state index contributed by atoms with van der Waals surface area (Å²) in [6.07, 6.45) is 6.89. The maximum absolute atomic E-state index is 4.40. The summed E-state index contributed by atoms with van der Waals surface area (Å²) in [4.78, 5) is 6.99. The first-order valence-electron chi connectivity index (χ1n) is 6.94. The lowest BCUT2D eigenvalue weighted by Crippen LogP contribution is -2.32. The molecule has 18 heavy (non-hydrogen) atoms. The number of hydrogen-bond acceptors (Lipinski definition) is 2. The molecule has 0 N–H and O–H groups in total. The number of hydrogen-bond donors (Lipinski definition) is 0. The molecule has 3 rings (SSSR count). The molecular weight excluding hydrogens is 220 g/mol. The molecule has 1 aromatic carbocycles. The number of rotatable bonds is 3. The standard InChI is InChI=1S/C16H20N2/c1-2-5-14(6-3-1)9-12-18-11-4-7-15-13-17-10-8-16(15)18/h1-3,5-6,13H,4,7-12H2. The number of benzene rings is 1. The molecule has 0 amide bonds. The van der Waals surface area contributed by atoms with Gasteiger partial charge in [0.2, 0.25) is 0 Å². The van der Waals surface area contributed by atoms with E-state index < -0.39 is 0 Å². The molecule has 2 heterocycles. The zero-order valence-corrected chi connectivity index (χ0v) is 10.8. The molecule has 2 aliphatic heterocycles. The normalized spacial score (nSPS) is 19.0. The van der Waals surface area contributed by atoms with Gasteiger partial charge in [-0.05, 0) is 30.4 Å². The Bertz CT molecular complexity index is 459. The van der Waals surface area contributed by atoms with Crippen molar-refractivity contribution in [3.8, 4) is 0 Å². The zero-order chi connectivity index (χ0) is 12.2. The molecule has 0 fully saturated rings. The van der Waals surface area contributed by atoms with Crippen LogP contribution in [0.15, 0.2) is 46.6 Å². The van der Waals surface area contributed by atoms with E-state index in [1.54, 1.807) is 5.70 Å². The van der Waals surface area contributed by atoms with E-state index in [1.165, 1.54) is 30.5 Å². The molecule has 0 atom stereocenters. The van der Waals surface area contributed by atoms with Crippen molar-refractivity contribution in [1.29, 1.82) is 0 Å². The minimum Gasteiger partial charge on any atom is -0.374 e. The van der Waals surface area contributed by atoms with E-state index >= 15 is 0 Å². The monoisotopic (exact) mass is 240 g/mol. The second kappa shape index (κ2) is 5.38. The predicted molar refractivity (Wildman–Crippen MR) is 76.0 cm³/mol. The molecule has 0 radical (unpaired) electrons. The summed E-state index contributed by atoms with van der Waals surface area (Å²) in [6, 6.07) is 10.8. The van der Waals surface area contributed by atoms with Crippen molar-refractivity contribution in [2.75, 3.05) is 19.6 Å². The van der Waals surface area contributed by atoms with Gasteiger partial charge in [0.05, 0.1) is 0 Å².